The average molecular weight is 469 g/mol. The van der Waals surface area contributed by atoms with Gasteiger partial charge in [-0.1, -0.05) is 5.16 Å². The van der Waals surface area contributed by atoms with Gasteiger partial charge in [0.1, 0.15) is 0 Å². The number of aliphatic carboxylic acids is 1. The molecule has 1 aliphatic rings. The Balaban J connectivity index is 1.80. The van der Waals surface area contributed by atoms with E-state index in [1.165, 1.54) is 32.2 Å². The molecule has 2 aromatic carbocycles. The van der Waals surface area contributed by atoms with Crippen LogP contribution in [0.5, 0.6) is 11.5 Å². The number of ketones is 1. The Bertz CT molecular complexity index is 1160. The smallest absolute Gasteiger partial charge is 0.308 e. The quantitative estimate of drug-likeness (QED) is 0.442. The van der Waals surface area contributed by atoms with Gasteiger partial charge in [0.25, 0.3) is 11.8 Å². The zero-order chi connectivity index (χ0) is 24.9. The van der Waals surface area contributed by atoms with Crippen molar-refractivity contribution < 1.29 is 38.6 Å². The number of anilines is 1. The standard InChI is InChI=1S/C23H23N3O8/c1-13(27)14-3-6-16(7-4-14)25-22(31)23(11-21(29)30)10-17(26-34-23)15-5-8-18(19(9-15)32-2)33-12-20(24)28/h3-9H,10-12H2,1-2H3,(H2,24,28)(H,25,31)(H,29,30)/t23-/m1/s1. The highest BCUT2D eigenvalue weighted by Gasteiger charge is 2.49. The van der Waals surface area contributed by atoms with Crippen LogP contribution in [-0.4, -0.2) is 53.7 Å². The summed E-state index contributed by atoms with van der Waals surface area (Å²) in [5, 5.41) is 16.0. The summed E-state index contributed by atoms with van der Waals surface area (Å²) in [5.41, 5.74) is 4.98. The fourth-order valence-corrected chi connectivity index (χ4v) is 3.32. The molecule has 178 valence electrons. The summed E-state index contributed by atoms with van der Waals surface area (Å²) >= 11 is 0. The molecule has 11 nitrogen and oxygen atoms in total. The summed E-state index contributed by atoms with van der Waals surface area (Å²) in [6.45, 7) is 1.08. The summed E-state index contributed by atoms with van der Waals surface area (Å²) < 4.78 is 10.6. The number of carbonyl (C=O) groups excluding carboxylic acids is 3. The van der Waals surface area contributed by atoms with Crippen LogP contribution in [0.3, 0.4) is 0 Å². The third kappa shape index (κ3) is 5.49. The van der Waals surface area contributed by atoms with Crippen LogP contribution in [0.25, 0.3) is 0 Å². The lowest BCUT2D eigenvalue weighted by Crippen LogP contribution is -2.45. The number of amides is 2. The van der Waals surface area contributed by atoms with Crippen molar-refractivity contribution >= 4 is 35.0 Å². The van der Waals surface area contributed by atoms with Gasteiger partial charge in [-0.05, 0) is 49.4 Å². The predicted molar refractivity (Wildman–Crippen MR) is 120 cm³/mol. The normalized spacial score (nSPS) is 16.7. The lowest BCUT2D eigenvalue weighted by molar-refractivity contribution is -0.152. The van der Waals surface area contributed by atoms with Gasteiger partial charge >= 0.3 is 5.97 Å². The number of carboxylic acids is 1. The number of hydrogen-bond acceptors (Lipinski definition) is 8. The number of primary amides is 1. The summed E-state index contributed by atoms with van der Waals surface area (Å²) in [5.74, 6) is -2.16. The minimum absolute atomic E-state index is 0.124. The molecule has 11 heteroatoms. The summed E-state index contributed by atoms with van der Waals surface area (Å²) in [7, 11) is 1.41. The fourth-order valence-electron chi connectivity index (χ4n) is 3.32. The van der Waals surface area contributed by atoms with Gasteiger partial charge in [-0.3, -0.25) is 19.2 Å². The van der Waals surface area contributed by atoms with Crippen molar-refractivity contribution in [3.8, 4) is 11.5 Å². The first-order chi connectivity index (χ1) is 16.1. The van der Waals surface area contributed by atoms with Crippen molar-refractivity contribution in [1.29, 1.82) is 0 Å². The minimum atomic E-state index is -1.78. The van der Waals surface area contributed by atoms with E-state index in [4.69, 9.17) is 20.0 Å². The van der Waals surface area contributed by atoms with Gasteiger partial charge in [-0.25, -0.2) is 0 Å². The molecule has 0 radical (unpaired) electrons. The molecule has 0 fully saturated rings. The lowest BCUT2D eigenvalue weighted by atomic mass is 9.90. The number of benzene rings is 2. The van der Waals surface area contributed by atoms with Gasteiger partial charge in [0.15, 0.2) is 23.9 Å². The van der Waals surface area contributed by atoms with Crippen LogP contribution in [-0.2, 0) is 19.2 Å². The number of carboxylic acid groups (broad SMARTS) is 1. The Kier molecular flexibility index (Phi) is 7.15. The lowest BCUT2D eigenvalue weighted by Gasteiger charge is -2.23. The second kappa shape index (κ2) is 10.0. The van der Waals surface area contributed by atoms with Gasteiger partial charge < -0.3 is 30.5 Å². The number of rotatable bonds is 10. The minimum Gasteiger partial charge on any atom is -0.493 e. The summed E-state index contributed by atoms with van der Waals surface area (Å²) in [6.07, 6.45) is -0.754. The van der Waals surface area contributed by atoms with E-state index in [0.29, 0.717) is 22.5 Å². The molecular weight excluding hydrogens is 446 g/mol. The number of nitrogens with two attached hydrogens (primary N) is 1. The zero-order valence-electron chi connectivity index (χ0n) is 18.5. The first-order valence-electron chi connectivity index (χ1n) is 10.1. The molecule has 0 unspecified atom stereocenters. The summed E-state index contributed by atoms with van der Waals surface area (Å²) in [4.78, 5) is 52.4. The molecule has 0 aromatic heterocycles. The molecule has 0 aliphatic carbocycles. The first kappa shape index (κ1) is 24.2. The van der Waals surface area contributed by atoms with E-state index in [1.807, 2.05) is 0 Å². The Labute approximate surface area is 194 Å². The topological polar surface area (TPSA) is 167 Å². The fraction of sp³-hybridized carbons (Fsp3) is 0.261. The number of methoxy groups -OCH3 is 1. The van der Waals surface area contributed by atoms with E-state index in [9.17, 15) is 24.3 Å². The van der Waals surface area contributed by atoms with E-state index < -0.39 is 29.8 Å². The molecule has 1 heterocycles. The molecular formula is C23H23N3O8. The second-order valence-corrected chi connectivity index (χ2v) is 7.58. The van der Waals surface area contributed by atoms with Gasteiger partial charge in [-0.15, -0.1) is 0 Å². The van der Waals surface area contributed by atoms with Crippen LogP contribution in [0.1, 0.15) is 35.7 Å². The molecule has 2 aromatic rings. The Morgan fingerprint density at radius 3 is 2.44 bits per heavy atom. The van der Waals surface area contributed by atoms with Crippen molar-refractivity contribution in [2.24, 2.45) is 10.9 Å². The molecule has 1 atom stereocenters. The Morgan fingerprint density at radius 2 is 1.85 bits per heavy atom. The predicted octanol–water partition coefficient (Wildman–Crippen LogP) is 1.74. The maximum absolute atomic E-state index is 13.1. The second-order valence-electron chi connectivity index (χ2n) is 7.58. The zero-order valence-corrected chi connectivity index (χ0v) is 18.5. The van der Waals surface area contributed by atoms with E-state index in [-0.39, 0.29) is 30.3 Å². The highest BCUT2D eigenvalue weighted by Crippen LogP contribution is 2.35. The molecule has 1 aliphatic heterocycles. The van der Waals surface area contributed by atoms with Crippen LogP contribution < -0.4 is 20.5 Å². The summed E-state index contributed by atoms with van der Waals surface area (Å²) in [6, 6.07) is 10.9. The molecule has 0 bridgehead atoms. The third-order valence-corrected chi connectivity index (χ3v) is 5.05. The van der Waals surface area contributed by atoms with Gasteiger partial charge in [0, 0.05) is 23.2 Å². The molecule has 2 amide bonds. The van der Waals surface area contributed by atoms with Crippen molar-refractivity contribution in [2.45, 2.75) is 25.4 Å². The molecule has 0 saturated carbocycles. The third-order valence-electron chi connectivity index (χ3n) is 5.05. The molecule has 3 rings (SSSR count). The number of nitrogens with zero attached hydrogens (tertiary/aromatic N) is 1. The van der Waals surface area contributed by atoms with Crippen molar-refractivity contribution in [1.82, 2.24) is 0 Å². The SMILES string of the molecule is COc1cc(C2=NO[C@](CC(=O)O)(C(=O)Nc3ccc(C(C)=O)cc3)C2)ccc1OCC(N)=O. The Morgan fingerprint density at radius 1 is 1.15 bits per heavy atom. The largest absolute Gasteiger partial charge is 0.493 e. The maximum atomic E-state index is 13.1. The molecule has 0 spiro atoms. The maximum Gasteiger partial charge on any atom is 0.308 e. The number of nitrogens with one attached hydrogen (secondary N) is 1. The van der Waals surface area contributed by atoms with Crippen LogP contribution in [0.2, 0.25) is 0 Å². The number of Topliss-reactive ketones (excluding diaryl/α,β-unsaturated/α-hetero) is 1. The number of ether oxygens (including phenoxy) is 2. The number of carbonyl (C=O) groups is 4. The Hall–Kier alpha value is -4.41. The van der Waals surface area contributed by atoms with Gasteiger partial charge in [-0.2, -0.15) is 0 Å². The van der Waals surface area contributed by atoms with Crippen LogP contribution in [0.4, 0.5) is 5.69 Å². The monoisotopic (exact) mass is 469 g/mol. The molecule has 4 N–H and O–H groups in total. The first-order valence-corrected chi connectivity index (χ1v) is 10.1. The van der Waals surface area contributed by atoms with Crippen LogP contribution >= 0.6 is 0 Å². The van der Waals surface area contributed by atoms with E-state index in [2.05, 4.69) is 10.5 Å². The average Bonchev–Trinajstić information content (AvgIpc) is 3.22. The number of hydrogen-bond donors (Lipinski definition) is 3. The van der Waals surface area contributed by atoms with Gasteiger partial charge in [0.05, 0.1) is 19.2 Å². The molecule has 34 heavy (non-hydrogen) atoms. The van der Waals surface area contributed by atoms with Crippen molar-refractivity contribution in [3.63, 3.8) is 0 Å². The van der Waals surface area contributed by atoms with Crippen LogP contribution in [0.15, 0.2) is 47.6 Å². The highest BCUT2D eigenvalue weighted by molar-refractivity contribution is 6.09. The van der Waals surface area contributed by atoms with Crippen molar-refractivity contribution in [3.05, 3.63) is 53.6 Å². The van der Waals surface area contributed by atoms with Gasteiger partial charge in [0.2, 0.25) is 5.60 Å². The molecule has 0 saturated heterocycles. The van der Waals surface area contributed by atoms with E-state index in [1.54, 1.807) is 24.3 Å². The highest BCUT2D eigenvalue weighted by atomic mass is 16.7. The van der Waals surface area contributed by atoms with E-state index >= 15 is 0 Å². The van der Waals surface area contributed by atoms with Crippen molar-refractivity contribution in [2.75, 3.05) is 19.0 Å². The van der Waals surface area contributed by atoms with Crippen LogP contribution in [0, 0.1) is 0 Å². The van der Waals surface area contributed by atoms with E-state index in [0.717, 1.165) is 0 Å². The number of oxime groups is 1.